The Morgan fingerprint density at radius 3 is 2.46 bits per heavy atom. The van der Waals surface area contributed by atoms with Gasteiger partial charge in [-0.3, -0.25) is 0 Å². The van der Waals surface area contributed by atoms with Crippen LogP contribution in [0.5, 0.6) is 0 Å². The van der Waals surface area contributed by atoms with E-state index in [2.05, 4.69) is 15.3 Å². The number of nitrogens with one attached hydrogen (secondary N) is 1. The molecule has 0 saturated heterocycles. The number of hydrogen-bond acceptors (Lipinski definition) is 5. The molecule has 1 saturated carbocycles. The molecular weight excluding hydrogens is 381 g/mol. The van der Waals surface area contributed by atoms with E-state index in [-0.39, 0.29) is 21.3 Å². The van der Waals surface area contributed by atoms with Gasteiger partial charge in [0.2, 0.25) is 5.01 Å². The molecule has 0 bridgehead atoms. The van der Waals surface area contributed by atoms with Gasteiger partial charge in [-0.2, -0.15) is 13.2 Å². The highest BCUT2D eigenvalue weighted by atomic mass is 32.1. The van der Waals surface area contributed by atoms with Crippen LogP contribution in [-0.2, 0) is 0 Å². The smallest absolute Gasteiger partial charge is 0.408 e. The topological polar surface area (TPSA) is 75.1 Å². The Morgan fingerprint density at radius 1 is 1.27 bits per heavy atom. The standard InChI is InChI=1S/C15H12F5N3O2S/c16-12(17)7-3-10(23-11(6-1-2-6)15(18,19)20)21-4-8(7)9-5-22-13(26-9)14(24)25/h3-6,11-12H,1-2H2,(H,21,23)(H,24,25)/t11-/m0/s1. The van der Waals surface area contributed by atoms with Crippen LogP contribution in [0.4, 0.5) is 27.8 Å². The van der Waals surface area contributed by atoms with E-state index in [0.29, 0.717) is 24.2 Å². The van der Waals surface area contributed by atoms with E-state index in [9.17, 15) is 26.7 Å². The van der Waals surface area contributed by atoms with Crippen molar-refractivity contribution in [2.24, 2.45) is 5.92 Å². The first-order valence-electron chi connectivity index (χ1n) is 7.47. The highest BCUT2D eigenvalue weighted by molar-refractivity contribution is 7.16. The molecule has 0 aliphatic heterocycles. The number of carbonyl (C=O) groups is 1. The third-order valence-corrected chi connectivity index (χ3v) is 4.89. The largest absolute Gasteiger partial charge is 0.476 e. The summed E-state index contributed by atoms with van der Waals surface area (Å²) in [5.74, 6) is -2.20. The maximum Gasteiger partial charge on any atom is 0.408 e. The Bertz CT molecular complexity index is 820. The molecule has 0 aromatic carbocycles. The van der Waals surface area contributed by atoms with Crippen LogP contribution in [-0.4, -0.2) is 33.3 Å². The van der Waals surface area contributed by atoms with Gasteiger partial charge in [0.25, 0.3) is 6.43 Å². The lowest BCUT2D eigenvalue weighted by atomic mass is 10.1. The monoisotopic (exact) mass is 393 g/mol. The average Bonchev–Trinajstić information content (AvgIpc) is 3.26. The normalized spacial score (nSPS) is 15.9. The van der Waals surface area contributed by atoms with E-state index in [1.807, 2.05) is 0 Å². The van der Waals surface area contributed by atoms with Crippen molar-refractivity contribution in [1.82, 2.24) is 9.97 Å². The molecule has 1 aliphatic rings. The molecule has 140 valence electrons. The van der Waals surface area contributed by atoms with Gasteiger partial charge < -0.3 is 10.4 Å². The third kappa shape index (κ3) is 3.92. The zero-order valence-electron chi connectivity index (χ0n) is 12.9. The molecule has 3 rings (SSSR count). The van der Waals surface area contributed by atoms with Crippen LogP contribution >= 0.6 is 11.3 Å². The second-order valence-corrected chi connectivity index (χ2v) is 6.82. The zero-order valence-corrected chi connectivity index (χ0v) is 13.7. The first kappa shape index (κ1) is 18.5. The van der Waals surface area contributed by atoms with Crippen LogP contribution < -0.4 is 5.32 Å². The number of nitrogens with zero attached hydrogens (tertiary/aromatic N) is 2. The zero-order chi connectivity index (χ0) is 19.1. The minimum Gasteiger partial charge on any atom is -0.476 e. The molecule has 5 nitrogen and oxygen atoms in total. The second kappa shape index (κ2) is 6.78. The van der Waals surface area contributed by atoms with Gasteiger partial charge in [0, 0.05) is 23.5 Å². The maximum absolute atomic E-state index is 13.4. The van der Waals surface area contributed by atoms with Gasteiger partial charge in [-0.15, -0.1) is 11.3 Å². The van der Waals surface area contributed by atoms with Crippen LogP contribution in [0.25, 0.3) is 10.4 Å². The van der Waals surface area contributed by atoms with E-state index in [4.69, 9.17) is 5.11 Å². The number of pyridine rings is 1. The summed E-state index contributed by atoms with van der Waals surface area (Å²) in [6.45, 7) is 0. The van der Waals surface area contributed by atoms with E-state index in [1.165, 1.54) is 0 Å². The van der Waals surface area contributed by atoms with Crippen molar-refractivity contribution in [1.29, 1.82) is 0 Å². The van der Waals surface area contributed by atoms with Crippen LogP contribution in [0.15, 0.2) is 18.5 Å². The Hall–Kier alpha value is -2.30. The predicted octanol–water partition coefficient (Wildman–Crippen LogP) is 4.59. The lowest BCUT2D eigenvalue weighted by Crippen LogP contribution is -2.38. The van der Waals surface area contributed by atoms with E-state index < -0.39 is 36.1 Å². The first-order chi connectivity index (χ1) is 12.2. The Kier molecular flexibility index (Phi) is 4.82. The van der Waals surface area contributed by atoms with Gasteiger partial charge in [0.1, 0.15) is 11.9 Å². The van der Waals surface area contributed by atoms with Crippen molar-refractivity contribution < 1.29 is 31.9 Å². The number of hydrogen-bond donors (Lipinski definition) is 2. The summed E-state index contributed by atoms with van der Waals surface area (Å²) >= 11 is 0.680. The van der Waals surface area contributed by atoms with E-state index in [1.54, 1.807) is 0 Å². The van der Waals surface area contributed by atoms with Gasteiger partial charge in [-0.25, -0.2) is 23.5 Å². The molecule has 2 aromatic rings. The third-order valence-electron chi connectivity index (χ3n) is 3.87. The number of alkyl halides is 5. The number of carboxylic acids is 1. The predicted molar refractivity (Wildman–Crippen MR) is 83.5 cm³/mol. The summed E-state index contributed by atoms with van der Waals surface area (Å²) in [5.41, 5.74) is -0.606. The Balaban J connectivity index is 1.92. The number of anilines is 1. The van der Waals surface area contributed by atoms with Gasteiger partial charge in [-0.1, -0.05) is 0 Å². The highest BCUT2D eigenvalue weighted by Gasteiger charge is 2.49. The number of aromatic nitrogens is 2. The molecule has 0 spiro atoms. The summed E-state index contributed by atoms with van der Waals surface area (Å²) in [6, 6.07) is -0.977. The van der Waals surface area contributed by atoms with Gasteiger partial charge in [0.15, 0.2) is 0 Å². The summed E-state index contributed by atoms with van der Waals surface area (Å²) in [7, 11) is 0. The SMILES string of the molecule is O=C(O)c1ncc(-c2cnc(N[C@@H](C3CC3)C(F)(F)F)cc2C(F)F)s1. The summed E-state index contributed by atoms with van der Waals surface area (Å²) in [6.07, 6.45) is -4.54. The molecule has 1 aliphatic carbocycles. The molecule has 0 radical (unpaired) electrons. The molecule has 26 heavy (non-hydrogen) atoms. The lowest BCUT2D eigenvalue weighted by molar-refractivity contribution is -0.146. The van der Waals surface area contributed by atoms with Crippen LogP contribution in [0.1, 0.15) is 34.6 Å². The fourth-order valence-corrected chi connectivity index (χ4v) is 3.28. The van der Waals surface area contributed by atoms with Crippen molar-refractivity contribution in [3.63, 3.8) is 0 Å². The Morgan fingerprint density at radius 2 is 1.96 bits per heavy atom. The Labute approximate surface area is 147 Å². The molecule has 0 amide bonds. The maximum atomic E-state index is 13.4. The fourth-order valence-electron chi connectivity index (χ4n) is 2.49. The van der Waals surface area contributed by atoms with Crippen molar-refractivity contribution in [2.75, 3.05) is 5.32 Å². The molecule has 11 heteroatoms. The molecule has 0 unspecified atom stereocenters. The van der Waals surface area contributed by atoms with Crippen LogP contribution in [0.3, 0.4) is 0 Å². The first-order valence-corrected chi connectivity index (χ1v) is 8.29. The molecule has 1 fully saturated rings. The van der Waals surface area contributed by atoms with Crippen molar-refractivity contribution >= 4 is 23.1 Å². The quantitative estimate of drug-likeness (QED) is 0.702. The van der Waals surface area contributed by atoms with Crippen molar-refractivity contribution in [2.45, 2.75) is 31.5 Å². The van der Waals surface area contributed by atoms with Crippen molar-refractivity contribution in [3.8, 4) is 10.4 Å². The number of rotatable bonds is 6. The minimum atomic E-state index is -4.51. The van der Waals surface area contributed by atoms with Crippen LogP contribution in [0.2, 0.25) is 0 Å². The molecule has 1 atom stereocenters. The number of carboxylic acid groups (broad SMARTS) is 1. The lowest BCUT2D eigenvalue weighted by Gasteiger charge is -2.22. The number of aromatic carboxylic acids is 1. The molecule has 2 heterocycles. The van der Waals surface area contributed by atoms with Crippen LogP contribution in [0, 0.1) is 5.92 Å². The number of halogens is 5. The van der Waals surface area contributed by atoms with E-state index in [0.717, 1.165) is 18.5 Å². The second-order valence-electron chi connectivity index (χ2n) is 5.79. The van der Waals surface area contributed by atoms with Gasteiger partial charge >= 0.3 is 12.1 Å². The minimum absolute atomic E-state index is 0.0643. The molecule has 2 aromatic heterocycles. The summed E-state index contributed by atoms with van der Waals surface area (Å²) in [4.78, 5) is 18.4. The summed E-state index contributed by atoms with van der Waals surface area (Å²) < 4.78 is 66.0. The molecule has 2 N–H and O–H groups in total. The average molecular weight is 393 g/mol. The fraction of sp³-hybridized carbons (Fsp3) is 0.400. The number of thiazole rings is 1. The van der Waals surface area contributed by atoms with Gasteiger partial charge in [-0.05, 0) is 24.8 Å². The van der Waals surface area contributed by atoms with E-state index >= 15 is 0 Å². The van der Waals surface area contributed by atoms with Crippen molar-refractivity contribution in [3.05, 3.63) is 29.0 Å². The summed E-state index contributed by atoms with van der Waals surface area (Å²) in [5, 5.41) is 10.8. The van der Waals surface area contributed by atoms with Gasteiger partial charge in [0.05, 0.1) is 4.88 Å². The highest BCUT2D eigenvalue weighted by Crippen LogP contribution is 2.42. The molecular formula is C15H12F5N3O2S.